The predicted molar refractivity (Wildman–Crippen MR) is 91.4 cm³/mol. The van der Waals surface area contributed by atoms with Crippen molar-refractivity contribution in [1.29, 1.82) is 0 Å². The number of hydrogen-bond donors (Lipinski definition) is 1. The summed E-state index contributed by atoms with van der Waals surface area (Å²) in [5, 5.41) is 9.44. The summed E-state index contributed by atoms with van der Waals surface area (Å²) in [7, 11) is 3.19. The summed E-state index contributed by atoms with van der Waals surface area (Å²) in [6.45, 7) is 1.44. The highest BCUT2D eigenvalue weighted by atomic mass is 32.2. The Balaban J connectivity index is 2.27. The first-order valence-electron chi connectivity index (χ1n) is 6.65. The highest BCUT2D eigenvalue weighted by Gasteiger charge is 2.33. The van der Waals surface area contributed by atoms with Gasteiger partial charge >= 0.3 is 0 Å². The van der Waals surface area contributed by atoms with Gasteiger partial charge in [-0.2, -0.15) is 0 Å². The summed E-state index contributed by atoms with van der Waals surface area (Å²) >= 11 is 6.19. The van der Waals surface area contributed by atoms with Crippen molar-refractivity contribution in [3.63, 3.8) is 0 Å². The van der Waals surface area contributed by atoms with Crippen LogP contribution in [-0.2, 0) is 9.59 Å². The van der Waals surface area contributed by atoms with Crippen molar-refractivity contribution in [3.05, 3.63) is 34.0 Å². The Morgan fingerprint density at radius 1 is 1.48 bits per heavy atom. The molecule has 1 saturated heterocycles. The largest absolute Gasteiger partial charge is 0.505 e. The van der Waals surface area contributed by atoms with Crippen molar-refractivity contribution in [1.82, 2.24) is 9.80 Å². The zero-order valence-electron chi connectivity index (χ0n) is 12.8. The topological polar surface area (TPSA) is 60.9 Å². The molecule has 1 aromatic carbocycles. The molecule has 1 aliphatic heterocycles. The van der Waals surface area contributed by atoms with Gasteiger partial charge in [-0.1, -0.05) is 24.0 Å². The molecule has 2 amide bonds. The monoisotopic (exact) mass is 354 g/mol. The van der Waals surface area contributed by atoms with Gasteiger partial charge in [-0.3, -0.25) is 14.5 Å². The Kier molecular flexibility index (Phi) is 5.06. The van der Waals surface area contributed by atoms with Crippen LogP contribution in [-0.4, -0.2) is 51.7 Å². The minimum atomic E-state index is -0.755. The van der Waals surface area contributed by atoms with E-state index in [1.54, 1.807) is 27.1 Å². The van der Waals surface area contributed by atoms with Gasteiger partial charge in [-0.25, -0.2) is 4.39 Å². The molecule has 0 unspecified atom stereocenters. The summed E-state index contributed by atoms with van der Waals surface area (Å²) < 4.78 is 13.9. The molecule has 1 heterocycles. The first kappa shape index (κ1) is 17.4. The lowest BCUT2D eigenvalue weighted by Crippen LogP contribution is -2.38. The number of carbonyl (C=O) groups is 2. The molecule has 23 heavy (non-hydrogen) atoms. The van der Waals surface area contributed by atoms with Gasteiger partial charge in [0.1, 0.15) is 10.9 Å². The van der Waals surface area contributed by atoms with E-state index in [-0.39, 0.29) is 22.7 Å². The molecule has 0 aromatic heterocycles. The van der Waals surface area contributed by atoms with Crippen LogP contribution < -0.4 is 0 Å². The van der Waals surface area contributed by atoms with Crippen LogP contribution in [0.5, 0.6) is 5.75 Å². The number of thiocarbonyl (C=S) groups is 1. The van der Waals surface area contributed by atoms with E-state index in [1.165, 1.54) is 15.9 Å². The van der Waals surface area contributed by atoms with Crippen molar-refractivity contribution in [2.45, 2.75) is 6.92 Å². The molecule has 0 bridgehead atoms. The van der Waals surface area contributed by atoms with Crippen LogP contribution in [0.25, 0.3) is 6.08 Å². The van der Waals surface area contributed by atoms with Gasteiger partial charge in [0, 0.05) is 14.1 Å². The van der Waals surface area contributed by atoms with E-state index in [2.05, 4.69) is 0 Å². The van der Waals surface area contributed by atoms with Crippen molar-refractivity contribution >= 4 is 46.2 Å². The van der Waals surface area contributed by atoms with E-state index in [1.807, 2.05) is 0 Å². The maximum atomic E-state index is 13.6. The van der Waals surface area contributed by atoms with Crippen LogP contribution >= 0.6 is 24.0 Å². The van der Waals surface area contributed by atoms with Crippen molar-refractivity contribution < 1.29 is 19.1 Å². The van der Waals surface area contributed by atoms with Gasteiger partial charge in [0.05, 0.1) is 4.91 Å². The molecule has 1 N–H and O–H groups in total. The fourth-order valence-corrected chi connectivity index (χ4v) is 3.17. The highest BCUT2D eigenvalue weighted by molar-refractivity contribution is 8.26. The zero-order valence-corrected chi connectivity index (χ0v) is 14.4. The number of nitrogens with zero attached hydrogens (tertiary/aromatic N) is 2. The van der Waals surface area contributed by atoms with Gasteiger partial charge < -0.3 is 10.0 Å². The summed E-state index contributed by atoms with van der Waals surface area (Å²) in [5.74, 6) is -1.80. The maximum absolute atomic E-state index is 13.6. The second-order valence-corrected chi connectivity index (χ2v) is 6.90. The molecule has 1 aromatic rings. The molecule has 0 spiro atoms. The standard InChI is InChI=1S/C15H15FN2O3S2/c1-8-4-9(5-10(16)13(8)20)6-11-14(21)18(15(22)23-11)7-12(19)17(2)3/h4-6,20H,7H2,1-3H3/b11-6-. The molecule has 1 aliphatic rings. The quantitative estimate of drug-likeness (QED) is 0.666. The Morgan fingerprint density at radius 3 is 2.70 bits per heavy atom. The number of rotatable bonds is 3. The number of phenolic OH excluding ortho intramolecular Hbond substituents is 1. The number of hydrogen-bond acceptors (Lipinski definition) is 5. The second kappa shape index (κ2) is 6.67. The van der Waals surface area contributed by atoms with Gasteiger partial charge in [-0.15, -0.1) is 0 Å². The van der Waals surface area contributed by atoms with Crippen LogP contribution in [0.3, 0.4) is 0 Å². The minimum absolute atomic E-state index is 0.127. The molecular formula is C15H15FN2O3S2. The predicted octanol–water partition coefficient (Wildman–Crippen LogP) is 2.13. The van der Waals surface area contributed by atoms with E-state index in [9.17, 15) is 19.1 Å². The average molecular weight is 354 g/mol. The van der Waals surface area contributed by atoms with Crippen molar-refractivity contribution in [3.8, 4) is 5.75 Å². The molecule has 0 saturated carbocycles. The number of halogens is 1. The normalized spacial score (nSPS) is 16.3. The molecule has 5 nitrogen and oxygen atoms in total. The molecule has 1 fully saturated rings. The summed E-state index contributed by atoms with van der Waals surface area (Å²) in [6.07, 6.45) is 1.49. The molecular weight excluding hydrogens is 339 g/mol. The highest BCUT2D eigenvalue weighted by Crippen LogP contribution is 2.33. The summed E-state index contributed by atoms with van der Waals surface area (Å²) in [4.78, 5) is 27.0. The van der Waals surface area contributed by atoms with E-state index >= 15 is 0 Å². The fourth-order valence-electron chi connectivity index (χ4n) is 1.91. The van der Waals surface area contributed by atoms with E-state index < -0.39 is 11.6 Å². The number of aromatic hydroxyl groups is 1. The fraction of sp³-hybridized carbons (Fsp3) is 0.267. The smallest absolute Gasteiger partial charge is 0.266 e. The third-order valence-corrected chi connectivity index (χ3v) is 4.62. The van der Waals surface area contributed by atoms with Crippen LogP contribution in [0.15, 0.2) is 17.0 Å². The summed E-state index contributed by atoms with van der Waals surface area (Å²) in [6, 6.07) is 2.70. The average Bonchev–Trinajstić information content (AvgIpc) is 2.72. The number of likely N-dealkylation sites (N-methyl/N-ethyl adjacent to an activating group) is 1. The van der Waals surface area contributed by atoms with Crippen LogP contribution in [0.2, 0.25) is 0 Å². The number of amides is 2. The summed E-state index contributed by atoms with van der Waals surface area (Å²) in [5.41, 5.74) is 0.812. The third-order valence-electron chi connectivity index (χ3n) is 3.24. The molecule has 0 atom stereocenters. The molecule has 0 radical (unpaired) electrons. The van der Waals surface area contributed by atoms with Crippen LogP contribution in [0.4, 0.5) is 4.39 Å². The van der Waals surface area contributed by atoms with Gasteiger partial charge in [0.25, 0.3) is 5.91 Å². The second-order valence-electron chi connectivity index (χ2n) is 5.22. The van der Waals surface area contributed by atoms with E-state index in [0.717, 1.165) is 17.8 Å². The molecule has 122 valence electrons. The van der Waals surface area contributed by atoms with Crippen LogP contribution in [0, 0.1) is 12.7 Å². The number of aryl methyl sites for hydroxylation is 1. The number of thioether (sulfide) groups is 1. The lowest BCUT2D eigenvalue weighted by Gasteiger charge is -2.17. The Morgan fingerprint density at radius 2 is 2.13 bits per heavy atom. The third kappa shape index (κ3) is 3.70. The number of benzene rings is 1. The number of phenols is 1. The maximum Gasteiger partial charge on any atom is 0.266 e. The molecule has 2 rings (SSSR count). The Labute approximate surface area is 142 Å². The number of carbonyl (C=O) groups excluding carboxylic acids is 2. The van der Waals surface area contributed by atoms with Gasteiger partial charge in [0.15, 0.2) is 11.6 Å². The molecule has 8 heteroatoms. The lowest BCUT2D eigenvalue weighted by atomic mass is 10.1. The zero-order chi connectivity index (χ0) is 17.3. The first-order chi connectivity index (χ1) is 10.7. The Bertz CT molecular complexity index is 708. The Hall–Kier alpha value is -1.93. The SMILES string of the molecule is Cc1cc(/C=C2\SC(=S)N(CC(=O)N(C)C)C2=O)cc(F)c1O. The van der Waals surface area contributed by atoms with Gasteiger partial charge in [0.2, 0.25) is 5.91 Å². The van der Waals surface area contributed by atoms with Crippen molar-refractivity contribution in [2.75, 3.05) is 20.6 Å². The minimum Gasteiger partial charge on any atom is -0.505 e. The van der Waals surface area contributed by atoms with Gasteiger partial charge in [-0.05, 0) is 36.3 Å². The van der Waals surface area contributed by atoms with Crippen molar-refractivity contribution in [2.24, 2.45) is 0 Å². The van der Waals surface area contributed by atoms with E-state index in [4.69, 9.17) is 12.2 Å². The van der Waals surface area contributed by atoms with Crippen LogP contribution in [0.1, 0.15) is 11.1 Å². The first-order valence-corrected chi connectivity index (χ1v) is 7.88. The lowest BCUT2D eigenvalue weighted by molar-refractivity contribution is -0.133. The molecule has 0 aliphatic carbocycles. The van der Waals surface area contributed by atoms with E-state index in [0.29, 0.717) is 16.0 Å².